The van der Waals surface area contributed by atoms with Crippen LogP contribution in [0.3, 0.4) is 0 Å². The van der Waals surface area contributed by atoms with Gasteiger partial charge >= 0.3 is 6.03 Å². The Morgan fingerprint density at radius 1 is 1.56 bits per heavy atom. The number of benzene rings is 1. The van der Waals surface area contributed by atoms with Crippen molar-refractivity contribution in [3.05, 3.63) is 35.7 Å². The van der Waals surface area contributed by atoms with Gasteiger partial charge in [-0.2, -0.15) is 0 Å². The summed E-state index contributed by atoms with van der Waals surface area (Å²) in [6, 6.07) is 1.48. The summed E-state index contributed by atoms with van der Waals surface area (Å²) in [5.74, 6) is 10.2. The summed E-state index contributed by atoms with van der Waals surface area (Å²) < 4.78 is 13.4. The Morgan fingerprint density at radius 3 is 2.61 bits per heavy atom. The van der Waals surface area contributed by atoms with Crippen LogP contribution in [0.1, 0.15) is 11.1 Å². The Balaban J connectivity index is 3.34. The van der Waals surface area contributed by atoms with E-state index in [-0.39, 0.29) is 5.69 Å². The number of hydrogen-bond donors (Lipinski definition) is 3. The van der Waals surface area contributed by atoms with Crippen molar-refractivity contribution >= 4 is 17.8 Å². The number of anilines is 1. The number of halogens is 1. The topological polar surface area (TPSA) is 95.8 Å². The fourth-order valence-corrected chi connectivity index (χ4v) is 1.49. The number of carbonyl (C=O) groups is 1. The summed E-state index contributed by atoms with van der Waals surface area (Å²) in [4.78, 5) is 11.6. The maximum absolute atomic E-state index is 13.4. The molecule has 18 heavy (non-hydrogen) atoms. The number of urea groups is 1. The van der Waals surface area contributed by atoms with Gasteiger partial charge in [0, 0.05) is 12.6 Å². The van der Waals surface area contributed by atoms with Gasteiger partial charge in [0.1, 0.15) is 5.82 Å². The first-order chi connectivity index (χ1) is 8.42. The molecule has 1 rings (SSSR count). The molecule has 98 valence electrons. The van der Waals surface area contributed by atoms with E-state index < -0.39 is 18.5 Å². The molecule has 0 aliphatic heterocycles. The second-order valence-electron chi connectivity index (χ2n) is 3.62. The van der Waals surface area contributed by atoms with E-state index >= 15 is 0 Å². The van der Waals surface area contributed by atoms with Crippen molar-refractivity contribution in [2.24, 2.45) is 11.7 Å². The fraction of sp³-hybridized carbons (Fsp3) is 0.182. The molecule has 1 aromatic carbocycles. The predicted molar refractivity (Wildman–Crippen MR) is 66.4 cm³/mol. The molecule has 1 aromatic rings. The van der Waals surface area contributed by atoms with Gasteiger partial charge in [0.2, 0.25) is 0 Å². The lowest BCUT2D eigenvalue weighted by Crippen LogP contribution is -2.49. The average molecular weight is 254 g/mol. The van der Waals surface area contributed by atoms with Crippen LogP contribution in [-0.4, -0.2) is 23.2 Å². The van der Waals surface area contributed by atoms with E-state index in [2.05, 4.69) is 6.58 Å². The Labute approximate surface area is 104 Å². The number of nitrogens with two attached hydrogens (primary N) is 2. The van der Waals surface area contributed by atoms with E-state index in [1.54, 1.807) is 0 Å². The normalized spacial score (nSPS) is 10.1. The predicted octanol–water partition coefficient (Wildman–Crippen LogP) is 0.567. The van der Waals surface area contributed by atoms with Gasteiger partial charge in [-0.1, -0.05) is 12.7 Å². The molecule has 0 radical (unpaired) electrons. The van der Waals surface area contributed by atoms with Gasteiger partial charge in [-0.15, -0.1) is 0 Å². The van der Waals surface area contributed by atoms with E-state index in [9.17, 15) is 14.3 Å². The van der Waals surface area contributed by atoms with Gasteiger partial charge in [0.05, 0.1) is 12.3 Å². The molecule has 0 unspecified atom stereocenters. The number of amides is 2. The minimum atomic E-state index is -0.745. The van der Waals surface area contributed by atoms with Crippen molar-refractivity contribution < 1.29 is 14.3 Å². The van der Waals surface area contributed by atoms with Crippen LogP contribution in [0, 0.1) is 5.82 Å². The highest BCUT2D eigenvalue weighted by atomic mass is 19.1. The lowest BCUT2D eigenvalue weighted by atomic mass is 10.1. The van der Waals surface area contributed by atoms with Crippen LogP contribution in [-0.2, 0) is 6.61 Å². The minimum absolute atomic E-state index is 0.0368. The van der Waals surface area contributed by atoms with Gasteiger partial charge in [-0.05, 0) is 17.7 Å². The van der Waals surface area contributed by atoms with Crippen molar-refractivity contribution in [3.8, 4) is 0 Å². The number of hydrogen-bond acceptors (Lipinski definition) is 4. The molecule has 0 aromatic heterocycles. The van der Waals surface area contributed by atoms with Gasteiger partial charge in [-0.3, -0.25) is 5.01 Å². The Hall–Kier alpha value is -1.96. The third-order valence-electron chi connectivity index (χ3n) is 2.37. The largest absolute Gasteiger partial charge is 0.392 e. The van der Waals surface area contributed by atoms with Gasteiger partial charge < -0.3 is 5.11 Å². The molecule has 5 N–H and O–H groups in total. The summed E-state index contributed by atoms with van der Waals surface area (Å²) in [5, 5.41) is 10.7. The maximum Gasteiger partial charge on any atom is 0.352 e. The number of aliphatic hydroxyl groups excluding tert-OH is 1. The molecule has 0 spiro atoms. The molecule has 0 heterocycles. The van der Waals surface area contributed by atoms with Crippen LogP contribution in [0.5, 0.6) is 0 Å². The Kier molecular flexibility index (Phi) is 4.38. The molecule has 0 saturated heterocycles. The minimum Gasteiger partial charge on any atom is -0.392 e. The molecule has 0 fully saturated rings. The van der Waals surface area contributed by atoms with E-state index in [0.29, 0.717) is 16.1 Å². The first-order valence-corrected chi connectivity index (χ1v) is 5.05. The molecule has 2 amide bonds. The highest BCUT2D eigenvalue weighted by Crippen LogP contribution is 2.25. The molecule has 0 atom stereocenters. The highest BCUT2D eigenvalue weighted by molar-refractivity contribution is 5.91. The van der Waals surface area contributed by atoms with Gasteiger partial charge in [0.25, 0.3) is 0 Å². The molecule has 6 nitrogen and oxygen atoms in total. The highest BCUT2D eigenvalue weighted by Gasteiger charge is 2.19. The van der Waals surface area contributed by atoms with E-state index in [4.69, 9.17) is 11.7 Å². The lowest BCUT2D eigenvalue weighted by Gasteiger charge is -2.23. The van der Waals surface area contributed by atoms with Crippen molar-refractivity contribution in [2.75, 3.05) is 12.1 Å². The third kappa shape index (κ3) is 2.65. The average Bonchev–Trinajstić information content (AvgIpc) is 2.35. The fourth-order valence-electron chi connectivity index (χ4n) is 1.49. The molecular weight excluding hydrogens is 239 g/mol. The maximum atomic E-state index is 13.4. The summed E-state index contributed by atoms with van der Waals surface area (Å²) in [6.45, 7) is 3.09. The first-order valence-electron chi connectivity index (χ1n) is 5.05. The zero-order valence-corrected chi connectivity index (χ0v) is 9.93. The lowest BCUT2D eigenvalue weighted by molar-refractivity contribution is 0.216. The second kappa shape index (κ2) is 5.58. The number of nitrogens with zero attached hydrogens (tertiary/aromatic N) is 2. The second-order valence-corrected chi connectivity index (χ2v) is 3.62. The van der Waals surface area contributed by atoms with Crippen LogP contribution < -0.4 is 16.7 Å². The summed E-state index contributed by atoms with van der Waals surface area (Å²) in [5.41, 5.74) is 0.689. The summed E-state index contributed by atoms with van der Waals surface area (Å²) in [7, 11) is 1.30. The van der Waals surface area contributed by atoms with Crippen LogP contribution in [0.25, 0.3) is 6.08 Å². The SMILES string of the molecule is C=Cc1cc(F)cc(N(N)C(=O)N(C)N)c1CO. The molecule has 0 saturated carbocycles. The van der Waals surface area contributed by atoms with Crippen LogP contribution in [0.2, 0.25) is 0 Å². The molecule has 0 aliphatic carbocycles. The molecular formula is C11H15FN4O2. The summed E-state index contributed by atoms with van der Waals surface area (Å²) >= 11 is 0. The van der Waals surface area contributed by atoms with E-state index in [1.165, 1.54) is 19.2 Å². The zero-order chi connectivity index (χ0) is 13.9. The van der Waals surface area contributed by atoms with Crippen molar-refractivity contribution in [2.45, 2.75) is 6.61 Å². The van der Waals surface area contributed by atoms with Crippen LogP contribution in [0.15, 0.2) is 18.7 Å². The van der Waals surface area contributed by atoms with Crippen LogP contribution >= 0.6 is 0 Å². The van der Waals surface area contributed by atoms with Crippen LogP contribution in [0.4, 0.5) is 14.9 Å². The van der Waals surface area contributed by atoms with Crippen molar-refractivity contribution in [3.63, 3.8) is 0 Å². The molecule has 0 aliphatic rings. The van der Waals surface area contributed by atoms with E-state index in [0.717, 1.165) is 11.1 Å². The Morgan fingerprint density at radius 2 is 2.17 bits per heavy atom. The van der Waals surface area contributed by atoms with Gasteiger partial charge in [-0.25, -0.2) is 25.9 Å². The first kappa shape index (κ1) is 14.1. The smallest absolute Gasteiger partial charge is 0.352 e. The zero-order valence-electron chi connectivity index (χ0n) is 9.93. The molecule has 7 heteroatoms. The third-order valence-corrected chi connectivity index (χ3v) is 2.37. The van der Waals surface area contributed by atoms with Crippen molar-refractivity contribution in [1.82, 2.24) is 5.01 Å². The standard InChI is InChI=1S/C11H15FN4O2/c1-3-7-4-8(12)5-10(9(7)6-17)16(14)11(18)15(2)13/h3-5,17H,1,6,13-14H2,2H3. The summed E-state index contributed by atoms with van der Waals surface area (Å²) in [6.07, 6.45) is 1.36. The monoisotopic (exact) mass is 254 g/mol. The Bertz CT molecular complexity index is 476. The quantitative estimate of drug-likeness (QED) is 0.417. The van der Waals surface area contributed by atoms with Gasteiger partial charge in [0.15, 0.2) is 0 Å². The number of hydrazine groups is 2. The number of rotatable bonds is 3. The number of carbonyl (C=O) groups excluding carboxylic acids is 1. The van der Waals surface area contributed by atoms with E-state index in [1.807, 2.05) is 0 Å². The molecule has 0 bridgehead atoms. The van der Waals surface area contributed by atoms with Crippen molar-refractivity contribution in [1.29, 1.82) is 0 Å². The number of aliphatic hydroxyl groups is 1.